The number of anilines is 1. The lowest BCUT2D eigenvalue weighted by Crippen LogP contribution is -2.17. The van der Waals surface area contributed by atoms with Gasteiger partial charge >= 0.3 is 5.97 Å². The van der Waals surface area contributed by atoms with E-state index in [-0.39, 0.29) is 12.3 Å². The highest BCUT2D eigenvalue weighted by Crippen LogP contribution is 2.30. The van der Waals surface area contributed by atoms with Crippen LogP contribution in [0.1, 0.15) is 37.7 Å². The van der Waals surface area contributed by atoms with Crippen LogP contribution >= 0.6 is 0 Å². The fraction of sp³-hybridized carbons (Fsp3) is 0.467. The molecule has 1 fully saturated rings. The highest BCUT2D eigenvalue weighted by Gasteiger charge is 2.18. The summed E-state index contributed by atoms with van der Waals surface area (Å²) in [7, 11) is 0. The Morgan fingerprint density at radius 3 is 2.74 bits per heavy atom. The SMILES string of the molecule is O=C(O)Cc1cccc(NC(=O)CCC2CCC2)c1. The first-order valence-corrected chi connectivity index (χ1v) is 6.74. The highest BCUT2D eigenvalue weighted by atomic mass is 16.4. The first kappa shape index (κ1) is 13.6. The van der Waals surface area contributed by atoms with Crippen LogP contribution in [-0.4, -0.2) is 17.0 Å². The van der Waals surface area contributed by atoms with Crippen LogP contribution in [0.5, 0.6) is 0 Å². The minimum absolute atomic E-state index is 0.0133. The lowest BCUT2D eigenvalue weighted by Gasteiger charge is -2.24. The van der Waals surface area contributed by atoms with Gasteiger partial charge in [0.25, 0.3) is 0 Å². The standard InChI is InChI=1S/C15H19NO3/c17-14(8-7-11-3-1-4-11)16-13-6-2-5-12(9-13)10-15(18)19/h2,5-6,9,11H,1,3-4,7-8,10H2,(H,16,17)(H,18,19). The number of amides is 1. The maximum Gasteiger partial charge on any atom is 0.307 e. The van der Waals surface area contributed by atoms with E-state index in [4.69, 9.17) is 5.11 Å². The second-order valence-corrected chi connectivity index (χ2v) is 5.15. The van der Waals surface area contributed by atoms with E-state index in [2.05, 4.69) is 5.32 Å². The van der Waals surface area contributed by atoms with Gasteiger partial charge in [0.2, 0.25) is 5.91 Å². The lowest BCUT2D eigenvalue weighted by molar-refractivity contribution is -0.136. The largest absolute Gasteiger partial charge is 0.481 e. The van der Waals surface area contributed by atoms with Crippen molar-refractivity contribution in [2.75, 3.05) is 5.32 Å². The van der Waals surface area contributed by atoms with Crippen molar-refractivity contribution in [2.45, 2.75) is 38.5 Å². The van der Waals surface area contributed by atoms with Crippen LogP contribution in [0, 0.1) is 5.92 Å². The van der Waals surface area contributed by atoms with Gasteiger partial charge in [-0.1, -0.05) is 31.4 Å². The van der Waals surface area contributed by atoms with Crippen molar-refractivity contribution in [3.05, 3.63) is 29.8 Å². The maximum atomic E-state index is 11.8. The Labute approximate surface area is 112 Å². The summed E-state index contributed by atoms with van der Waals surface area (Å²) in [4.78, 5) is 22.4. The highest BCUT2D eigenvalue weighted by molar-refractivity contribution is 5.90. The van der Waals surface area contributed by atoms with Crippen molar-refractivity contribution in [2.24, 2.45) is 5.92 Å². The molecule has 0 aliphatic heterocycles. The molecule has 19 heavy (non-hydrogen) atoms. The third kappa shape index (κ3) is 4.39. The Hall–Kier alpha value is -1.84. The second-order valence-electron chi connectivity index (χ2n) is 5.15. The molecule has 2 rings (SSSR count). The van der Waals surface area contributed by atoms with E-state index in [1.165, 1.54) is 19.3 Å². The Bertz CT molecular complexity index is 466. The van der Waals surface area contributed by atoms with Gasteiger partial charge in [-0.15, -0.1) is 0 Å². The molecule has 0 saturated heterocycles. The van der Waals surface area contributed by atoms with E-state index in [1.54, 1.807) is 24.3 Å². The number of nitrogens with one attached hydrogen (secondary N) is 1. The van der Waals surface area contributed by atoms with E-state index < -0.39 is 5.97 Å². The summed E-state index contributed by atoms with van der Waals surface area (Å²) in [5.74, 6) is -0.128. The molecular weight excluding hydrogens is 242 g/mol. The number of hydrogen-bond acceptors (Lipinski definition) is 2. The number of rotatable bonds is 6. The van der Waals surface area contributed by atoms with Gasteiger partial charge in [0.15, 0.2) is 0 Å². The Morgan fingerprint density at radius 2 is 2.11 bits per heavy atom. The van der Waals surface area contributed by atoms with Gasteiger partial charge < -0.3 is 10.4 Å². The lowest BCUT2D eigenvalue weighted by atomic mass is 9.82. The quantitative estimate of drug-likeness (QED) is 0.827. The number of carboxylic acid groups (broad SMARTS) is 1. The fourth-order valence-electron chi connectivity index (χ4n) is 2.27. The van der Waals surface area contributed by atoms with Crippen molar-refractivity contribution in [3.8, 4) is 0 Å². The molecule has 1 aromatic rings. The monoisotopic (exact) mass is 261 g/mol. The van der Waals surface area contributed by atoms with Gasteiger partial charge in [-0.05, 0) is 30.0 Å². The minimum Gasteiger partial charge on any atom is -0.481 e. The van der Waals surface area contributed by atoms with Gasteiger partial charge in [0, 0.05) is 12.1 Å². The van der Waals surface area contributed by atoms with Crippen molar-refractivity contribution in [1.29, 1.82) is 0 Å². The number of carbonyl (C=O) groups excluding carboxylic acids is 1. The average Bonchev–Trinajstić information content (AvgIpc) is 2.26. The third-order valence-electron chi connectivity index (χ3n) is 3.57. The Balaban J connectivity index is 1.83. The molecule has 4 heteroatoms. The van der Waals surface area contributed by atoms with E-state index in [0.29, 0.717) is 17.7 Å². The van der Waals surface area contributed by atoms with Crippen molar-refractivity contribution in [3.63, 3.8) is 0 Å². The molecule has 2 N–H and O–H groups in total. The van der Waals surface area contributed by atoms with Crippen LogP contribution in [0.2, 0.25) is 0 Å². The molecule has 0 atom stereocenters. The van der Waals surface area contributed by atoms with Gasteiger partial charge in [0.1, 0.15) is 0 Å². The number of hydrogen-bond donors (Lipinski definition) is 2. The zero-order valence-electron chi connectivity index (χ0n) is 10.9. The summed E-state index contributed by atoms with van der Waals surface area (Å²) in [5, 5.41) is 11.6. The molecule has 1 aliphatic rings. The number of benzene rings is 1. The zero-order valence-corrected chi connectivity index (χ0v) is 10.9. The van der Waals surface area contributed by atoms with E-state index in [9.17, 15) is 9.59 Å². The Morgan fingerprint density at radius 1 is 1.32 bits per heavy atom. The van der Waals surface area contributed by atoms with Crippen LogP contribution in [0.4, 0.5) is 5.69 Å². The van der Waals surface area contributed by atoms with E-state index in [0.717, 1.165) is 12.3 Å². The molecule has 1 saturated carbocycles. The molecule has 1 amide bonds. The molecule has 0 heterocycles. The zero-order chi connectivity index (χ0) is 13.7. The summed E-state index contributed by atoms with van der Waals surface area (Å²) in [6.07, 6.45) is 5.28. The van der Waals surface area contributed by atoms with Crippen molar-refractivity contribution in [1.82, 2.24) is 0 Å². The molecule has 0 unspecified atom stereocenters. The fourth-order valence-corrected chi connectivity index (χ4v) is 2.27. The predicted octanol–water partition coefficient (Wildman–Crippen LogP) is 2.83. The second kappa shape index (κ2) is 6.36. The summed E-state index contributed by atoms with van der Waals surface area (Å²) in [6.45, 7) is 0. The number of aliphatic carboxylic acids is 1. The van der Waals surface area contributed by atoms with Crippen LogP contribution in [0.25, 0.3) is 0 Å². The molecule has 4 nitrogen and oxygen atoms in total. The summed E-state index contributed by atoms with van der Waals surface area (Å²) >= 11 is 0. The van der Waals surface area contributed by atoms with Gasteiger partial charge in [-0.25, -0.2) is 0 Å². The third-order valence-corrected chi connectivity index (χ3v) is 3.57. The van der Waals surface area contributed by atoms with Gasteiger partial charge in [-0.3, -0.25) is 9.59 Å². The Kier molecular flexibility index (Phi) is 4.55. The summed E-state index contributed by atoms with van der Waals surface area (Å²) in [5.41, 5.74) is 1.38. The molecule has 0 radical (unpaired) electrons. The molecular formula is C15H19NO3. The average molecular weight is 261 g/mol. The maximum absolute atomic E-state index is 11.8. The number of carbonyl (C=O) groups is 2. The van der Waals surface area contributed by atoms with Crippen LogP contribution in [0.3, 0.4) is 0 Å². The first-order chi connectivity index (χ1) is 9.13. The topological polar surface area (TPSA) is 66.4 Å². The van der Waals surface area contributed by atoms with Crippen LogP contribution < -0.4 is 5.32 Å². The van der Waals surface area contributed by atoms with Crippen molar-refractivity contribution < 1.29 is 14.7 Å². The van der Waals surface area contributed by atoms with E-state index in [1.807, 2.05) is 0 Å². The van der Waals surface area contributed by atoms with Crippen molar-refractivity contribution >= 4 is 17.6 Å². The van der Waals surface area contributed by atoms with E-state index >= 15 is 0 Å². The predicted molar refractivity (Wildman–Crippen MR) is 73.0 cm³/mol. The molecule has 1 aromatic carbocycles. The molecule has 0 bridgehead atoms. The molecule has 0 spiro atoms. The molecule has 0 aromatic heterocycles. The normalized spacial score (nSPS) is 14.7. The number of carboxylic acids is 1. The summed E-state index contributed by atoms with van der Waals surface area (Å²) in [6, 6.07) is 7.01. The smallest absolute Gasteiger partial charge is 0.307 e. The van der Waals surface area contributed by atoms with Gasteiger partial charge in [0.05, 0.1) is 6.42 Å². The van der Waals surface area contributed by atoms with Crippen LogP contribution in [0.15, 0.2) is 24.3 Å². The summed E-state index contributed by atoms with van der Waals surface area (Å²) < 4.78 is 0. The van der Waals surface area contributed by atoms with Gasteiger partial charge in [-0.2, -0.15) is 0 Å². The minimum atomic E-state index is -0.867. The molecule has 102 valence electrons. The first-order valence-electron chi connectivity index (χ1n) is 6.74. The molecule has 1 aliphatic carbocycles. The van der Waals surface area contributed by atoms with Crippen LogP contribution in [-0.2, 0) is 16.0 Å².